The molecular formula is C19H23N3O3. The highest BCUT2D eigenvalue weighted by molar-refractivity contribution is 6.09. The Morgan fingerprint density at radius 1 is 1.44 bits per heavy atom. The first-order valence-corrected chi connectivity index (χ1v) is 8.48. The van der Waals surface area contributed by atoms with Crippen molar-refractivity contribution in [3.63, 3.8) is 0 Å². The van der Waals surface area contributed by atoms with E-state index >= 15 is 0 Å². The summed E-state index contributed by atoms with van der Waals surface area (Å²) in [6.07, 6.45) is 3.81. The van der Waals surface area contributed by atoms with E-state index in [1.165, 1.54) is 0 Å². The molecule has 1 aromatic carbocycles. The van der Waals surface area contributed by atoms with E-state index in [0.29, 0.717) is 11.6 Å². The van der Waals surface area contributed by atoms with Crippen LogP contribution in [0.3, 0.4) is 0 Å². The lowest BCUT2D eigenvalue weighted by atomic mass is 10.0. The summed E-state index contributed by atoms with van der Waals surface area (Å²) in [5.41, 5.74) is 0.619. The Kier molecular flexibility index (Phi) is 6.58. The lowest BCUT2D eigenvalue weighted by Crippen LogP contribution is -2.31. The minimum Gasteiger partial charge on any atom is -0.462 e. The van der Waals surface area contributed by atoms with E-state index in [4.69, 9.17) is 4.74 Å². The molecule has 6 nitrogen and oxygen atoms in total. The molecule has 25 heavy (non-hydrogen) atoms. The number of likely N-dealkylation sites (tertiary alicyclic amines) is 1. The third-order valence-electron chi connectivity index (χ3n) is 4.04. The highest BCUT2D eigenvalue weighted by Gasteiger charge is 2.19. The Labute approximate surface area is 148 Å². The number of nitriles is 1. The van der Waals surface area contributed by atoms with Crippen LogP contribution < -0.4 is 5.32 Å². The molecule has 1 amide bonds. The monoisotopic (exact) mass is 341 g/mol. The lowest BCUT2D eigenvalue weighted by molar-refractivity contribution is -0.112. The number of rotatable bonds is 5. The van der Waals surface area contributed by atoms with E-state index in [1.807, 2.05) is 11.0 Å². The molecule has 1 aromatic rings. The van der Waals surface area contributed by atoms with Gasteiger partial charge < -0.3 is 15.0 Å². The number of ether oxygens (including phenoxy) is 1. The molecule has 1 heterocycles. The fourth-order valence-corrected chi connectivity index (χ4v) is 2.83. The summed E-state index contributed by atoms with van der Waals surface area (Å²) >= 11 is 0. The Hall–Kier alpha value is -2.81. The number of para-hydroxylation sites is 1. The second kappa shape index (κ2) is 8.88. The molecule has 132 valence electrons. The van der Waals surface area contributed by atoms with Crippen LogP contribution in [0.2, 0.25) is 0 Å². The highest BCUT2D eigenvalue weighted by atomic mass is 16.5. The summed E-state index contributed by atoms with van der Waals surface area (Å²) in [5.74, 6) is -0.499. The molecule has 1 atom stereocenters. The van der Waals surface area contributed by atoms with Crippen molar-refractivity contribution >= 4 is 17.6 Å². The maximum absolute atomic E-state index is 12.5. The second-order valence-corrected chi connectivity index (χ2v) is 6.12. The van der Waals surface area contributed by atoms with Gasteiger partial charge in [0.25, 0.3) is 5.91 Å². The molecule has 1 fully saturated rings. The number of piperidine rings is 1. The van der Waals surface area contributed by atoms with Crippen LogP contribution >= 0.6 is 0 Å². The van der Waals surface area contributed by atoms with Crippen LogP contribution in [0.5, 0.6) is 0 Å². The average Bonchev–Trinajstić information content (AvgIpc) is 2.60. The minimum atomic E-state index is -0.530. The Bertz CT molecular complexity index is 706. The zero-order valence-corrected chi connectivity index (χ0v) is 14.6. The number of esters is 1. The van der Waals surface area contributed by atoms with Gasteiger partial charge in [0.15, 0.2) is 0 Å². The zero-order valence-electron chi connectivity index (χ0n) is 14.6. The van der Waals surface area contributed by atoms with Gasteiger partial charge >= 0.3 is 5.97 Å². The van der Waals surface area contributed by atoms with Gasteiger partial charge in [-0.1, -0.05) is 19.1 Å². The van der Waals surface area contributed by atoms with Crippen LogP contribution in [-0.4, -0.2) is 36.5 Å². The molecular weight excluding hydrogens is 318 g/mol. The fraction of sp³-hybridized carbons (Fsp3) is 0.421. The maximum Gasteiger partial charge on any atom is 0.340 e. The van der Waals surface area contributed by atoms with Crippen molar-refractivity contribution in [3.8, 4) is 6.07 Å². The van der Waals surface area contributed by atoms with Crippen molar-refractivity contribution in [1.29, 1.82) is 5.26 Å². The molecule has 0 radical (unpaired) electrons. The molecule has 0 aromatic heterocycles. The molecule has 0 bridgehead atoms. The third kappa shape index (κ3) is 5.08. The van der Waals surface area contributed by atoms with Crippen molar-refractivity contribution in [2.75, 3.05) is 25.0 Å². The lowest BCUT2D eigenvalue weighted by Gasteiger charge is -2.29. The number of anilines is 1. The normalized spacial score (nSPS) is 17.6. The van der Waals surface area contributed by atoms with Gasteiger partial charge in [0.05, 0.1) is 17.9 Å². The number of hydrogen-bond donors (Lipinski definition) is 1. The number of carbonyl (C=O) groups is 2. The van der Waals surface area contributed by atoms with Gasteiger partial charge in [0, 0.05) is 19.3 Å². The summed E-state index contributed by atoms with van der Waals surface area (Å²) in [6.45, 7) is 5.79. The van der Waals surface area contributed by atoms with Crippen LogP contribution in [0.1, 0.15) is 37.0 Å². The Morgan fingerprint density at radius 3 is 2.88 bits per heavy atom. The Morgan fingerprint density at radius 2 is 2.20 bits per heavy atom. The standard InChI is InChI=1S/C19H23N3O3/c1-3-25-19(24)16-8-4-5-9-17(16)21-18(23)15(11-20)13-22-10-6-7-14(2)12-22/h4-5,8-9,13-14H,3,6-7,10,12H2,1-2H3,(H,21,23)/b15-13-. The van der Waals surface area contributed by atoms with Crippen LogP contribution in [0.25, 0.3) is 0 Å². The van der Waals surface area contributed by atoms with Crippen molar-refractivity contribution in [3.05, 3.63) is 41.6 Å². The number of nitrogens with one attached hydrogen (secondary N) is 1. The molecule has 1 saturated heterocycles. The zero-order chi connectivity index (χ0) is 18.2. The first kappa shape index (κ1) is 18.5. The minimum absolute atomic E-state index is 0.0211. The quantitative estimate of drug-likeness (QED) is 0.506. The van der Waals surface area contributed by atoms with Crippen LogP contribution in [-0.2, 0) is 9.53 Å². The van der Waals surface area contributed by atoms with E-state index in [2.05, 4.69) is 12.2 Å². The third-order valence-corrected chi connectivity index (χ3v) is 4.04. The highest BCUT2D eigenvalue weighted by Crippen LogP contribution is 2.19. The predicted octanol–water partition coefficient (Wildman–Crippen LogP) is 2.94. The fourth-order valence-electron chi connectivity index (χ4n) is 2.83. The van der Waals surface area contributed by atoms with Gasteiger partial charge in [0.1, 0.15) is 11.6 Å². The Balaban J connectivity index is 2.15. The van der Waals surface area contributed by atoms with E-state index in [0.717, 1.165) is 25.9 Å². The average molecular weight is 341 g/mol. The molecule has 1 aliphatic rings. The van der Waals surface area contributed by atoms with E-state index in [-0.39, 0.29) is 17.7 Å². The number of benzene rings is 1. The van der Waals surface area contributed by atoms with E-state index in [9.17, 15) is 14.9 Å². The molecule has 1 unspecified atom stereocenters. The number of hydrogen-bond acceptors (Lipinski definition) is 5. The summed E-state index contributed by atoms with van der Waals surface area (Å²) < 4.78 is 4.99. The molecule has 0 saturated carbocycles. The van der Waals surface area contributed by atoms with Crippen LogP contribution in [0.4, 0.5) is 5.69 Å². The number of carbonyl (C=O) groups excluding carboxylic acids is 2. The topological polar surface area (TPSA) is 82.4 Å². The van der Waals surface area contributed by atoms with Gasteiger partial charge in [-0.25, -0.2) is 4.79 Å². The SMILES string of the molecule is CCOC(=O)c1ccccc1NC(=O)/C(C#N)=C\N1CCCC(C)C1. The summed E-state index contributed by atoms with van der Waals surface area (Å²) in [5, 5.41) is 12.0. The van der Waals surface area contributed by atoms with Crippen molar-refractivity contribution in [1.82, 2.24) is 4.90 Å². The molecule has 2 rings (SSSR count). The number of amides is 1. The summed E-state index contributed by atoms with van der Waals surface area (Å²) in [7, 11) is 0. The van der Waals surface area contributed by atoms with Gasteiger partial charge in [0.2, 0.25) is 0 Å². The first-order valence-electron chi connectivity index (χ1n) is 8.48. The van der Waals surface area contributed by atoms with E-state index < -0.39 is 11.9 Å². The molecule has 0 spiro atoms. The summed E-state index contributed by atoms with van der Waals surface area (Å²) in [6, 6.07) is 8.54. The largest absolute Gasteiger partial charge is 0.462 e. The van der Waals surface area contributed by atoms with Crippen LogP contribution in [0, 0.1) is 17.2 Å². The van der Waals surface area contributed by atoms with Crippen LogP contribution in [0.15, 0.2) is 36.0 Å². The summed E-state index contributed by atoms with van der Waals surface area (Å²) in [4.78, 5) is 26.4. The molecule has 1 N–H and O–H groups in total. The van der Waals surface area contributed by atoms with Crippen molar-refractivity contribution in [2.45, 2.75) is 26.7 Å². The van der Waals surface area contributed by atoms with Crippen molar-refractivity contribution < 1.29 is 14.3 Å². The van der Waals surface area contributed by atoms with Gasteiger partial charge in [-0.2, -0.15) is 5.26 Å². The smallest absolute Gasteiger partial charge is 0.340 e. The molecule has 6 heteroatoms. The van der Waals surface area contributed by atoms with Gasteiger partial charge in [-0.05, 0) is 37.8 Å². The van der Waals surface area contributed by atoms with Crippen molar-refractivity contribution in [2.24, 2.45) is 5.92 Å². The number of nitrogens with zero attached hydrogens (tertiary/aromatic N) is 2. The van der Waals surface area contributed by atoms with Gasteiger partial charge in [-0.3, -0.25) is 4.79 Å². The molecule has 1 aliphatic heterocycles. The molecule has 0 aliphatic carbocycles. The maximum atomic E-state index is 12.5. The second-order valence-electron chi connectivity index (χ2n) is 6.12. The van der Waals surface area contributed by atoms with Gasteiger partial charge in [-0.15, -0.1) is 0 Å². The first-order chi connectivity index (χ1) is 12.0. The predicted molar refractivity (Wildman–Crippen MR) is 94.7 cm³/mol. The van der Waals surface area contributed by atoms with E-state index in [1.54, 1.807) is 37.4 Å².